The first kappa shape index (κ1) is 13.4. The Bertz CT molecular complexity index is 381. The maximum Gasteiger partial charge on any atom is 0.0666 e. The Morgan fingerprint density at radius 1 is 1.44 bits per heavy atom. The van der Waals surface area contributed by atoms with Gasteiger partial charge in [0.05, 0.1) is 12.6 Å². The van der Waals surface area contributed by atoms with Gasteiger partial charge in [-0.25, -0.2) is 0 Å². The third-order valence-corrected chi connectivity index (χ3v) is 3.75. The van der Waals surface area contributed by atoms with E-state index in [1.165, 1.54) is 11.3 Å². The fourth-order valence-electron chi connectivity index (χ4n) is 2.99. The first-order valence-corrected chi connectivity index (χ1v) is 6.83. The lowest BCUT2D eigenvalue weighted by atomic mass is 10.1. The predicted molar refractivity (Wildman–Crippen MR) is 76.0 cm³/mol. The minimum absolute atomic E-state index is 0.442. The van der Waals surface area contributed by atoms with Crippen molar-refractivity contribution in [2.45, 2.75) is 38.3 Å². The highest BCUT2D eigenvalue weighted by Gasteiger charge is 2.30. The van der Waals surface area contributed by atoms with Gasteiger partial charge in [-0.05, 0) is 44.4 Å². The van der Waals surface area contributed by atoms with Gasteiger partial charge in [0.15, 0.2) is 0 Å². The SMILES string of the molecule is COCC(CCCN)N1c2ccccc2CC1C. The molecule has 0 amide bonds. The Morgan fingerprint density at radius 2 is 2.22 bits per heavy atom. The lowest BCUT2D eigenvalue weighted by Crippen LogP contribution is -2.42. The number of rotatable bonds is 6. The zero-order valence-electron chi connectivity index (χ0n) is 11.4. The van der Waals surface area contributed by atoms with Gasteiger partial charge >= 0.3 is 0 Å². The summed E-state index contributed by atoms with van der Waals surface area (Å²) in [5.41, 5.74) is 8.48. The molecule has 0 radical (unpaired) electrons. The van der Waals surface area contributed by atoms with Gasteiger partial charge in [-0.3, -0.25) is 0 Å². The van der Waals surface area contributed by atoms with Crippen LogP contribution in [0.2, 0.25) is 0 Å². The maximum atomic E-state index is 5.64. The van der Waals surface area contributed by atoms with E-state index in [2.05, 4.69) is 36.1 Å². The highest BCUT2D eigenvalue weighted by Crippen LogP contribution is 2.34. The molecule has 1 aliphatic heterocycles. The molecular formula is C15H24N2O. The molecule has 2 atom stereocenters. The smallest absolute Gasteiger partial charge is 0.0666 e. The molecule has 1 aromatic carbocycles. The number of methoxy groups -OCH3 is 1. The van der Waals surface area contributed by atoms with Crippen LogP contribution in [0.3, 0.4) is 0 Å². The van der Waals surface area contributed by atoms with E-state index in [0.29, 0.717) is 12.1 Å². The van der Waals surface area contributed by atoms with Crippen LogP contribution in [0.1, 0.15) is 25.3 Å². The fraction of sp³-hybridized carbons (Fsp3) is 0.600. The first-order chi connectivity index (χ1) is 8.77. The van der Waals surface area contributed by atoms with Crippen molar-refractivity contribution in [3.05, 3.63) is 29.8 Å². The Balaban J connectivity index is 2.18. The number of hydrogen-bond donors (Lipinski definition) is 1. The van der Waals surface area contributed by atoms with Crippen LogP contribution in [0.4, 0.5) is 5.69 Å². The summed E-state index contributed by atoms with van der Waals surface area (Å²) in [5.74, 6) is 0. The van der Waals surface area contributed by atoms with Crippen LogP contribution < -0.4 is 10.6 Å². The van der Waals surface area contributed by atoms with Crippen molar-refractivity contribution in [3.63, 3.8) is 0 Å². The van der Waals surface area contributed by atoms with Crippen LogP contribution in [0.5, 0.6) is 0 Å². The third kappa shape index (κ3) is 2.68. The average Bonchev–Trinajstić information content (AvgIpc) is 2.70. The minimum atomic E-state index is 0.442. The Kier molecular flexibility index (Phi) is 4.61. The van der Waals surface area contributed by atoms with E-state index in [4.69, 9.17) is 10.5 Å². The van der Waals surface area contributed by atoms with Gasteiger partial charge in [0.25, 0.3) is 0 Å². The lowest BCUT2D eigenvalue weighted by Gasteiger charge is -2.34. The fourth-order valence-corrected chi connectivity index (χ4v) is 2.99. The summed E-state index contributed by atoms with van der Waals surface area (Å²) < 4.78 is 5.39. The summed E-state index contributed by atoms with van der Waals surface area (Å²) in [6.07, 6.45) is 3.29. The Morgan fingerprint density at radius 3 is 2.94 bits per heavy atom. The molecule has 0 saturated heterocycles. The zero-order chi connectivity index (χ0) is 13.0. The van der Waals surface area contributed by atoms with Crippen LogP contribution in [-0.2, 0) is 11.2 Å². The highest BCUT2D eigenvalue weighted by atomic mass is 16.5. The Hall–Kier alpha value is -1.06. The molecule has 0 aromatic heterocycles. The highest BCUT2D eigenvalue weighted by molar-refractivity contribution is 5.60. The molecule has 1 aliphatic rings. The quantitative estimate of drug-likeness (QED) is 0.838. The number of para-hydroxylation sites is 1. The summed E-state index contributed by atoms with van der Waals surface area (Å²) in [4.78, 5) is 2.52. The van der Waals surface area contributed by atoms with Gasteiger partial charge in [0, 0.05) is 18.8 Å². The van der Waals surface area contributed by atoms with Gasteiger partial charge in [0.1, 0.15) is 0 Å². The number of hydrogen-bond acceptors (Lipinski definition) is 3. The van der Waals surface area contributed by atoms with E-state index in [-0.39, 0.29) is 0 Å². The predicted octanol–water partition coefficient (Wildman–Crippen LogP) is 2.19. The van der Waals surface area contributed by atoms with Crippen molar-refractivity contribution >= 4 is 5.69 Å². The van der Waals surface area contributed by atoms with E-state index >= 15 is 0 Å². The van der Waals surface area contributed by atoms with Crippen LogP contribution in [0.25, 0.3) is 0 Å². The summed E-state index contributed by atoms with van der Waals surface area (Å²) in [6, 6.07) is 9.71. The Labute approximate surface area is 110 Å². The molecule has 1 heterocycles. The molecule has 0 saturated carbocycles. The summed E-state index contributed by atoms with van der Waals surface area (Å²) >= 11 is 0. The molecule has 0 bridgehead atoms. The van der Waals surface area contributed by atoms with E-state index < -0.39 is 0 Å². The molecule has 0 aliphatic carbocycles. The minimum Gasteiger partial charge on any atom is -0.383 e. The lowest BCUT2D eigenvalue weighted by molar-refractivity contribution is 0.170. The normalized spacial score (nSPS) is 19.9. The summed E-state index contributed by atoms with van der Waals surface area (Å²) in [5, 5.41) is 0. The van der Waals surface area contributed by atoms with Crippen molar-refractivity contribution in [3.8, 4) is 0 Å². The van der Waals surface area contributed by atoms with Crippen molar-refractivity contribution < 1.29 is 4.74 Å². The molecule has 3 heteroatoms. The molecule has 2 N–H and O–H groups in total. The molecule has 2 unspecified atom stereocenters. The van der Waals surface area contributed by atoms with Gasteiger partial charge in [-0.2, -0.15) is 0 Å². The van der Waals surface area contributed by atoms with Gasteiger partial charge in [-0.1, -0.05) is 18.2 Å². The number of anilines is 1. The second-order valence-electron chi connectivity index (χ2n) is 5.13. The van der Waals surface area contributed by atoms with Crippen LogP contribution in [0.15, 0.2) is 24.3 Å². The molecule has 3 nitrogen and oxygen atoms in total. The third-order valence-electron chi connectivity index (χ3n) is 3.75. The second kappa shape index (κ2) is 6.21. The van der Waals surface area contributed by atoms with Crippen molar-refractivity contribution in [2.24, 2.45) is 5.73 Å². The first-order valence-electron chi connectivity index (χ1n) is 6.83. The van der Waals surface area contributed by atoms with Crippen molar-refractivity contribution in [1.29, 1.82) is 0 Å². The molecule has 0 spiro atoms. The summed E-state index contributed by atoms with van der Waals surface area (Å²) in [7, 11) is 1.78. The number of nitrogens with two attached hydrogens (primary N) is 1. The molecule has 18 heavy (non-hydrogen) atoms. The largest absolute Gasteiger partial charge is 0.383 e. The van der Waals surface area contributed by atoms with E-state index in [1.54, 1.807) is 7.11 Å². The van der Waals surface area contributed by atoms with Crippen LogP contribution >= 0.6 is 0 Å². The number of nitrogens with zero attached hydrogens (tertiary/aromatic N) is 1. The van der Waals surface area contributed by atoms with E-state index in [0.717, 1.165) is 32.4 Å². The molecule has 0 fully saturated rings. The van der Waals surface area contributed by atoms with Crippen molar-refractivity contribution in [1.82, 2.24) is 0 Å². The van der Waals surface area contributed by atoms with Gasteiger partial charge < -0.3 is 15.4 Å². The number of fused-ring (bicyclic) bond motifs is 1. The molecule has 2 rings (SSSR count). The average molecular weight is 248 g/mol. The van der Waals surface area contributed by atoms with Gasteiger partial charge in [-0.15, -0.1) is 0 Å². The topological polar surface area (TPSA) is 38.5 Å². The van der Waals surface area contributed by atoms with Crippen LogP contribution in [-0.4, -0.2) is 32.3 Å². The number of benzene rings is 1. The second-order valence-corrected chi connectivity index (χ2v) is 5.13. The van der Waals surface area contributed by atoms with Crippen LogP contribution in [0, 0.1) is 0 Å². The molecule has 1 aromatic rings. The monoisotopic (exact) mass is 248 g/mol. The maximum absolute atomic E-state index is 5.64. The van der Waals surface area contributed by atoms with E-state index in [9.17, 15) is 0 Å². The van der Waals surface area contributed by atoms with E-state index in [1.807, 2.05) is 0 Å². The van der Waals surface area contributed by atoms with Crippen molar-refractivity contribution in [2.75, 3.05) is 25.2 Å². The summed E-state index contributed by atoms with van der Waals surface area (Å²) in [6.45, 7) is 3.83. The zero-order valence-corrected chi connectivity index (χ0v) is 11.4. The standard InChI is InChI=1S/C15H24N2O/c1-12-10-13-6-3-4-8-15(13)17(12)14(11-18-2)7-5-9-16/h3-4,6,8,12,14H,5,7,9-11,16H2,1-2H3. The number of ether oxygens (including phenoxy) is 1. The molecular weight excluding hydrogens is 224 g/mol. The molecule has 100 valence electrons. The van der Waals surface area contributed by atoms with Gasteiger partial charge in [0.2, 0.25) is 0 Å².